The summed E-state index contributed by atoms with van der Waals surface area (Å²) in [6.07, 6.45) is 4.63. The lowest BCUT2D eigenvalue weighted by atomic mass is 9.97. The number of amides is 1. The predicted octanol–water partition coefficient (Wildman–Crippen LogP) is -0.000700. The molecule has 9 heteroatoms. The number of pyridine rings is 1. The molecular formula is C16H20N6O3. The number of carbonyl (C=O) groups is 1. The second-order valence-corrected chi connectivity index (χ2v) is 6.26. The van der Waals surface area contributed by atoms with Crippen LogP contribution in [0.1, 0.15) is 23.3 Å². The lowest BCUT2D eigenvalue weighted by molar-refractivity contribution is -0.0670. The zero-order valence-electron chi connectivity index (χ0n) is 13.8. The Morgan fingerprint density at radius 2 is 2.28 bits per heavy atom. The fraction of sp³-hybridized carbons (Fsp3) is 0.312. The average molecular weight is 344 g/mol. The summed E-state index contributed by atoms with van der Waals surface area (Å²) in [6.45, 7) is 2.24. The Labute approximate surface area is 144 Å². The van der Waals surface area contributed by atoms with E-state index in [4.69, 9.17) is 16.0 Å². The molecule has 3 heterocycles. The number of carbonyl (C=O) groups excluding carboxylic acids is 1. The molecule has 0 aliphatic carbocycles. The molecule has 0 unspecified atom stereocenters. The molecule has 9 nitrogen and oxygen atoms in total. The Balaban J connectivity index is 1.61. The van der Waals surface area contributed by atoms with Crippen LogP contribution in [0.3, 0.4) is 0 Å². The minimum absolute atomic E-state index is 0.188. The van der Waals surface area contributed by atoms with Gasteiger partial charge in [0.1, 0.15) is 12.1 Å². The molecule has 2 aromatic heterocycles. The van der Waals surface area contributed by atoms with Gasteiger partial charge in [0.15, 0.2) is 5.69 Å². The molecule has 1 aliphatic rings. The summed E-state index contributed by atoms with van der Waals surface area (Å²) in [5.41, 5.74) is 5.71. The van der Waals surface area contributed by atoms with Crippen LogP contribution in [0.5, 0.6) is 0 Å². The standard InChI is InChI=1S/C16H20N6O3/c1-16(24)9-21(10-16)15(23)12-8-25-14(20-12)6-11(17)7-22(18)13-4-2-3-5-19-13/h2-5,7-8,24H,6,9-10,17-18H2,1H3/b11-7-. The summed E-state index contributed by atoms with van der Waals surface area (Å²) in [5.74, 6) is 6.44. The van der Waals surface area contributed by atoms with Gasteiger partial charge in [-0.15, -0.1) is 0 Å². The SMILES string of the molecule is CC1(O)CN(C(=O)c2coc(C/C(N)=C/N(N)c3ccccn3)n2)C1. The third kappa shape index (κ3) is 3.95. The summed E-state index contributed by atoms with van der Waals surface area (Å²) in [5, 5.41) is 11.0. The zero-order chi connectivity index (χ0) is 18.0. The molecule has 3 rings (SSSR count). The Morgan fingerprint density at radius 1 is 1.52 bits per heavy atom. The molecular weight excluding hydrogens is 324 g/mol. The number of anilines is 1. The highest BCUT2D eigenvalue weighted by atomic mass is 16.3. The minimum atomic E-state index is -0.828. The summed E-state index contributed by atoms with van der Waals surface area (Å²) < 4.78 is 5.30. The van der Waals surface area contributed by atoms with Gasteiger partial charge in [0.2, 0.25) is 5.89 Å². The van der Waals surface area contributed by atoms with Crippen molar-refractivity contribution in [2.75, 3.05) is 18.1 Å². The Kier molecular flexibility index (Phi) is 4.43. The number of oxazole rings is 1. The molecule has 0 radical (unpaired) electrons. The van der Waals surface area contributed by atoms with Gasteiger partial charge in [0.05, 0.1) is 25.1 Å². The number of nitrogens with two attached hydrogens (primary N) is 2. The van der Waals surface area contributed by atoms with Crippen molar-refractivity contribution in [3.63, 3.8) is 0 Å². The van der Waals surface area contributed by atoms with Gasteiger partial charge in [0.25, 0.3) is 5.91 Å². The van der Waals surface area contributed by atoms with Crippen molar-refractivity contribution < 1.29 is 14.3 Å². The van der Waals surface area contributed by atoms with E-state index in [9.17, 15) is 9.90 Å². The number of hydrogen-bond donors (Lipinski definition) is 3. The van der Waals surface area contributed by atoms with Gasteiger partial charge in [-0.25, -0.2) is 15.8 Å². The maximum Gasteiger partial charge on any atom is 0.276 e. The lowest BCUT2D eigenvalue weighted by Gasteiger charge is -2.43. The van der Waals surface area contributed by atoms with Crippen LogP contribution < -0.4 is 16.6 Å². The first-order valence-corrected chi connectivity index (χ1v) is 7.71. The van der Waals surface area contributed by atoms with Crippen LogP contribution in [0.4, 0.5) is 5.82 Å². The van der Waals surface area contributed by atoms with E-state index < -0.39 is 5.60 Å². The van der Waals surface area contributed by atoms with Crippen molar-refractivity contribution in [2.24, 2.45) is 11.6 Å². The quantitative estimate of drug-likeness (QED) is 0.509. The van der Waals surface area contributed by atoms with Crippen molar-refractivity contribution >= 4 is 11.7 Å². The smallest absolute Gasteiger partial charge is 0.276 e. The number of aromatic nitrogens is 2. The number of β-amino-alcohol motifs (C(OH)–C–C–N with tert-alkyl or cyclic N) is 1. The summed E-state index contributed by atoms with van der Waals surface area (Å²) in [6, 6.07) is 5.34. The Hall–Kier alpha value is -2.91. The minimum Gasteiger partial charge on any atom is -0.448 e. The van der Waals surface area contributed by atoms with Crippen LogP contribution in [0.25, 0.3) is 0 Å². The summed E-state index contributed by atoms with van der Waals surface area (Å²) >= 11 is 0. The van der Waals surface area contributed by atoms with Crippen molar-refractivity contribution in [1.29, 1.82) is 0 Å². The lowest BCUT2D eigenvalue weighted by Crippen LogP contribution is -2.61. The topological polar surface area (TPSA) is 135 Å². The monoisotopic (exact) mass is 344 g/mol. The molecule has 1 aliphatic heterocycles. The van der Waals surface area contributed by atoms with Gasteiger partial charge in [-0.3, -0.25) is 9.80 Å². The van der Waals surface area contributed by atoms with Crippen LogP contribution in [0, 0.1) is 0 Å². The van der Waals surface area contributed by atoms with Crippen molar-refractivity contribution in [3.05, 3.63) is 54.1 Å². The second-order valence-electron chi connectivity index (χ2n) is 6.26. The number of allylic oxidation sites excluding steroid dienone is 1. The number of nitrogens with zero attached hydrogens (tertiary/aromatic N) is 4. The molecule has 1 fully saturated rings. The summed E-state index contributed by atoms with van der Waals surface area (Å²) in [4.78, 5) is 21.9. The average Bonchev–Trinajstić information content (AvgIpc) is 3.01. The number of likely N-dealkylation sites (tertiary alicyclic amines) is 1. The van der Waals surface area contributed by atoms with E-state index >= 15 is 0 Å². The molecule has 0 spiro atoms. The molecule has 0 saturated carbocycles. The molecule has 2 aromatic rings. The van der Waals surface area contributed by atoms with Gasteiger partial charge in [-0.2, -0.15) is 0 Å². The maximum absolute atomic E-state index is 12.2. The van der Waals surface area contributed by atoms with Crippen molar-refractivity contribution in [2.45, 2.75) is 18.9 Å². The molecule has 0 atom stereocenters. The third-order valence-electron chi connectivity index (χ3n) is 3.70. The molecule has 132 valence electrons. The van der Waals surface area contributed by atoms with E-state index in [2.05, 4.69) is 9.97 Å². The number of hydrazine groups is 1. The second kappa shape index (κ2) is 6.54. The first-order valence-electron chi connectivity index (χ1n) is 7.71. The first kappa shape index (κ1) is 16.9. The van der Waals surface area contributed by atoms with E-state index in [0.717, 1.165) is 0 Å². The van der Waals surface area contributed by atoms with Crippen molar-refractivity contribution in [1.82, 2.24) is 14.9 Å². The molecule has 1 amide bonds. The van der Waals surface area contributed by atoms with Crippen LogP contribution in [-0.4, -0.2) is 44.6 Å². The fourth-order valence-electron chi connectivity index (χ4n) is 2.54. The highest BCUT2D eigenvalue weighted by Crippen LogP contribution is 2.22. The largest absolute Gasteiger partial charge is 0.448 e. The van der Waals surface area contributed by atoms with Crippen LogP contribution >= 0.6 is 0 Å². The summed E-state index contributed by atoms with van der Waals surface area (Å²) in [7, 11) is 0. The fourth-order valence-corrected chi connectivity index (χ4v) is 2.54. The maximum atomic E-state index is 12.2. The Bertz CT molecular complexity index is 778. The third-order valence-corrected chi connectivity index (χ3v) is 3.70. The van der Waals surface area contributed by atoms with Gasteiger partial charge in [-0.05, 0) is 19.1 Å². The van der Waals surface area contributed by atoms with Gasteiger partial charge >= 0.3 is 0 Å². The Morgan fingerprint density at radius 3 is 2.92 bits per heavy atom. The highest BCUT2D eigenvalue weighted by Gasteiger charge is 2.40. The molecule has 0 bridgehead atoms. The van der Waals surface area contributed by atoms with Crippen LogP contribution in [0.15, 0.2) is 47.0 Å². The molecule has 5 N–H and O–H groups in total. The number of rotatable bonds is 5. The van der Waals surface area contributed by atoms with E-state index in [1.165, 1.54) is 22.4 Å². The predicted molar refractivity (Wildman–Crippen MR) is 89.9 cm³/mol. The van der Waals surface area contributed by atoms with Gasteiger partial charge in [0, 0.05) is 18.1 Å². The van der Waals surface area contributed by atoms with E-state index in [0.29, 0.717) is 17.4 Å². The van der Waals surface area contributed by atoms with E-state index in [1.54, 1.807) is 25.3 Å². The van der Waals surface area contributed by atoms with E-state index in [1.807, 2.05) is 6.07 Å². The molecule has 25 heavy (non-hydrogen) atoms. The van der Waals surface area contributed by atoms with E-state index in [-0.39, 0.29) is 31.1 Å². The number of aliphatic hydroxyl groups is 1. The normalized spacial score (nSPS) is 16.4. The van der Waals surface area contributed by atoms with Crippen LogP contribution in [0.2, 0.25) is 0 Å². The van der Waals surface area contributed by atoms with Crippen molar-refractivity contribution in [3.8, 4) is 0 Å². The molecule has 0 aromatic carbocycles. The first-order chi connectivity index (χ1) is 11.8. The highest BCUT2D eigenvalue weighted by molar-refractivity contribution is 5.92. The van der Waals surface area contributed by atoms with Gasteiger partial charge in [-0.1, -0.05) is 6.07 Å². The van der Waals surface area contributed by atoms with Gasteiger partial charge < -0.3 is 20.2 Å². The zero-order valence-corrected chi connectivity index (χ0v) is 13.8. The van der Waals surface area contributed by atoms with Crippen LogP contribution in [-0.2, 0) is 6.42 Å². The number of hydrogen-bond acceptors (Lipinski definition) is 8. The molecule has 1 saturated heterocycles.